The molecule has 6 heteroatoms. The van der Waals surface area contributed by atoms with E-state index in [0.29, 0.717) is 6.42 Å². The van der Waals surface area contributed by atoms with E-state index in [1.54, 1.807) is 12.2 Å². The van der Waals surface area contributed by atoms with Crippen LogP contribution in [0.4, 0.5) is 0 Å². The quantitative estimate of drug-likeness (QED) is 0.490. The van der Waals surface area contributed by atoms with Gasteiger partial charge in [0.15, 0.2) is 23.8 Å². The number of allylic oxidation sites excluding steroid dienone is 6. The van der Waals surface area contributed by atoms with Crippen LogP contribution in [0.15, 0.2) is 35.5 Å². The average molecular weight is 441 g/mol. The Morgan fingerprint density at radius 2 is 1.97 bits per heavy atom. The Labute approximate surface area is 189 Å². The lowest BCUT2D eigenvalue weighted by Crippen LogP contribution is -2.59. The summed E-state index contributed by atoms with van der Waals surface area (Å²) < 4.78 is 17.9. The highest BCUT2D eigenvalue weighted by Crippen LogP contribution is 2.68. The number of hydrogen-bond acceptors (Lipinski definition) is 6. The second kappa shape index (κ2) is 6.73. The Hall–Kier alpha value is -2.05. The highest BCUT2D eigenvalue weighted by molar-refractivity contribution is 6.01. The summed E-state index contributed by atoms with van der Waals surface area (Å²) >= 11 is 0. The van der Waals surface area contributed by atoms with Gasteiger partial charge in [-0.25, -0.2) is 0 Å². The first-order valence-electron chi connectivity index (χ1n) is 11.6. The van der Waals surface area contributed by atoms with Gasteiger partial charge in [0.2, 0.25) is 5.78 Å². The molecule has 1 aliphatic heterocycles. The van der Waals surface area contributed by atoms with Gasteiger partial charge < -0.3 is 14.2 Å². The molecule has 0 aromatic rings. The molecular weight excluding hydrogens is 408 g/mol. The molecule has 2 saturated carbocycles. The number of esters is 1. The van der Waals surface area contributed by atoms with Crippen molar-refractivity contribution in [3.8, 4) is 0 Å². The molecule has 1 saturated heterocycles. The van der Waals surface area contributed by atoms with Crippen LogP contribution in [-0.2, 0) is 28.6 Å². The van der Waals surface area contributed by atoms with Crippen molar-refractivity contribution in [2.75, 3.05) is 6.61 Å². The van der Waals surface area contributed by atoms with Gasteiger partial charge in [0.25, 0.3) is 0 Å². The molecule has 6 nitrogen and oxygen atoms in total. The summed E-state index contributed by atoms with van der Waals surface area (Å²) in [6, 6.07) is 0. The highest BCUT2D eigenvalue weighted by Gasteiger charge is 2.74. The SMILES string of the molecule is CC(=O)OCC(=O)[C@]12OC(C)(C)O[C@@H]1C[C@@H]1[C@@H]3CCC4=CC(=O)C=C[C@@]4(C)C3=CC[C@]12C. The van der Waals surface area contributed by atoms with E-state index in [1.165, 1.54) is 18.1 Å². The lowest BCUT2D eigenvalue weighted by molar-refractivity contribution is -0.206. The van der Waals surface area contributed by atoms with E-state index < -0.39 is 22.8 Å². The van der Waals surface area contributed by atoms with Crippen LogP contribution in [0.2, 0.25) is 0 Å². The largest absolute Gasteiger partial charge is 0.458 e. The van der Waals surface area contributed by atoms with Crippen LogP contribution in [0, 0.1) is 22.7 Å². The maximum atomic E-state index is 13.6. The molecule has 3 fully saturated rings. The Morgan fingerprint density at radius 3 is 2.69 bits per heavy atom. The molecule has 0 aromatic carbocycles. The predicted molar refractivity (Wildman–Crippen MR) is 116 cm³/mol. The second-order valence-electron chi connectivity index (χ2n) is 10.9. The lowest BCUT2D eigenvalue weighted by Gasteiger charge is -2.54. The zero-order chi connectivity index (χ0) is 23.1. The molecule has 0 N–H and O–H groups in total. The molecule has 0 spiro atoms. The molecule has 5 rings (SSSR count). The number of ether oxygens (including phenoxy) is 3. The van der Waals surface area contributed by atoms with Gasteiger partial charge in [0, 0.05) is 17.8 Å². The molecule has 32 heavy (non-hydrogen) atoms. The van der Waals surface area contributed by atoms with Crippen LogP contribution in [0.25, 0.3) is 0 Å². The van der Waals surface area contributed by atoms with Crippen molar-refractivity contribution in [3.05, 3.63) is 35.5 Å². The normalized spacial score (nSPS) is 43.4. The van der Waals surface area contributed by atoms with Gasteiger partial charge in [-0.1, -0.05) is 30.2 Å². The molecule has 0 aromatic heterocycles. The zero-order valence-electron chi connectivity index (χ0n) is 19.5. The van der Waals surface area contributed by atoms with E-state index in [0.717, 1.165) is 19.3 Å². The van der Waals surface area contributed by atoms with E-state index in [-0.39, 0.29) is 41.5 Å². The van der Waals surface area contributed by atoms with Crippen LogP contribution in [-0.4, -0.2) is 41.6 Å². The van der Waals surface area contributed by atoms with E-state index >= 15 is 0 Å². The van der Waals surface area contributed by atoms with E-state index in [2.05, 4.69) is 26.0 Å². The Morgan fingerprint density at radius 1 is 1.22 bits per heavy atom. The summed E-state index contributed by atoms with van der Waals surface area (Å²) in [7, 11) is 0. The molecule has 1 heterocycles. The van der Waals surface area contributed by atoms with E-state index in [9.17, 15) is 14.4 Å². The topological polar surface area (TPSA) is 78.9 Å². The number of fused-ring (bicyclic) bond motifs is 7. The third kappa shape index (κ3) is 2.75. The number of carbonyl (C=O) groups is 3. The lowest BCUT2D eigenvalue weighted by atomic mass is 9.51. The number of rotatable bonds is 3. The van der Waals surface area contributed by atoms with Crippen LogP contribution in [0.1, 0.15) is 60.3 Å². The summed E-state index contributed by atoms with van der Waals surface area (Å²) in [5.74, 6) is -1.02. The summed E-state index contributed by atoms with van der Waals surface area (Å²) in [6.45, 7) is 9.05. The van der Waals surface area contributed by atoms with Crippen molar-refractivity contribution < 1.29 is 28.6 Å². The standard InChI is InChI=1S/C26H32O6/c1-15(27)30-14-21(29)26-22(31-23(2,3)32-26)13-20-18-7-6-16-12-17(28)8-10-24(16,4)19(18)9-11-25(20,26)5/h8-10,12,18,20,22H,6-7,11,13-14H2,1-5H3/t18-,20-,22-,24-,25-,26+/m1/s1. The minimum absolute atomic E-state index is 0.0617. The van der Waals surface area contributed by atoms with Gasteiger partial charge in [0.05, 0.1) is 6.10 Å². The molecule has 0 radical (unpaired) electrons. The summed E-state index contributed by atoms with van der Waals surface area (Å²) in [5, 5.41) is 0. The Kier molecular flexibility index (Phi) is 4.58. The van der Waals surface area contributed by atoms with Gasteiger partial charge >= 0.3 is 5.97 Å². The molecule has 5 aliphatic rings. The minimum atomic E-state index is -1.14. The van der Waals surface area contributed by atoms with Gasteiger partial charge in [-0.2, -0.15) is 0 Å². The summed E-state index contributed by atoms with van der Waals surface area (Å²) in [4.78, 5) is 37.0. The summed E-state index contributed by atoms with van der Waals surface area (Å²) in [6.07, 6.45) is 10.7. The smallest absolute Gasteiger partial charge is 0.303 e. The molecule has 0 amide bonds. The molecule has 172 valence electrons. The van der Waals surface area contributed by atoms with Crippen LogP contribution in [0.5, 0.6) is 0 Å². The predicted octanol–water partition coefficient (Wildman–Crippen LogP) is 3.85. The first-order chi connectivity index (χ1) is 14.9. The van der Waals surface area contributed by atoms with Crippen molar-refractivity contribution in [1.82, 2.24) is 0 Å². The van der Waals surface area contributed by atoms with Gasteiger partial charge in [0.1, 0.15) is 0 Å². The first kappa shape index (κ1) is 21.8. The molecule has 6 atom stereocenters. The van der Waals surface area contributed by atoms with Crippen molar-refractivity contribution in [3.63, 3.8) is 0 Å². The van der Waals surface area contributed by atoms with Gasteiger partial charge in [-0.15, -0.1) is 0 Å². The highest BCUT2D eigenvalue weighted by atomic mass is 16.8. The fourth-order valence-corrected chi connectivity index (χ4v) is 7.40. The number of carbonyl (C=O) groups excluding carboxylic acids is 3. The molecule has 0 bridgehead atoms. The van der Waals surface area contributed by atoms with Crippen LogP contribution >= 0.6 is 0 Å². The number of Topliss-reactive ketones (excluding diaryl/α,β-unsaturated/α-hetero) is 1. The Bertz CT molecular complexity index is 1000. The van der Waals surface area contributed by atoms with Crippen LogP contribution in [0.3, 0.4) is 0 Å². The molecule has 4 aliphatic carbocycles. The summed E-state index contributed by atoms with van der Waals surface area (Å²) in [5.41, 5.74) is 0.675. The van der Waals surface area contributed by atoms with E-state index in [1.807, 2.05) is 13.8 Å². The van der Waals surface area contributed by atoms with Gasteiger partial charge in [-0.3, -0.25) is 14.4 Å². The third-order valence-electron chi connectivity index (χ3n) is 8.76. The Balaban J connectivity index is 1.57. The minimum Gasteiger partial charge on any atom is -0.458 e. The monoisotopic (exact) mass is 440 g/mol. The number of hydrogen-bond donors (Lipinski definition) is 0. The van der Waals surface area contributed by atoms with E-state index in [4.69, 9.17) is 14.2 Å². The van der Waals surface area contributed by atoms with Crippen molar-refractivity contribution >= 4 is 17.5 Å². The average Bonchev–Trinajstić information content (AvgIpc) is 3.12. The fourth-order valence-electron chi connectivity index (χ4n) is 7.40. The van der Waals surface area contributed by atoms with Crippen molar-refractivity contribution in [2.24, 2.45) is 22.7 Å². The van der Waals surface area contributed by atoms with Gasteiger partial charge in [-0.05, 0) is 70.4 Å². The third-order valence-corrected chi connectivity index (χ3v) is 8.76. The maximum absolute atomic E-state index is 13.6. The van der Waals surface area contributed by atoms with Crippen molar-refractivity contribution in [2.45, 2.75) is 77.8 Å². The number of ketones is 2. The first-order valence-corrected chi connectivity index (χ1v) is 11.6. The fraction of sp³-hybridized carbons (Fsp3) is 0.654. The van der Waals surface area contributed by atoms with Crippen LogP contribution < -0.4 is 0 Å². The van der Waals surface area contributed by atoms with Crippen molar-refractivity contribution in [1.29, 1.82) is 0 Å². The molecular formula is C26H32O6. The zero-order valence-corrected chi connectivity index (χ0v) is 19.5. The molecule has 0 unspecified atom stereocenters. The maximum Gasteiger partial charge on any atom is 0.303 e. The second-order valence-corrected chi connectivity index (χ2v) is 10.9.